The molecule has 0 heterocycles. The minimum Gasteiger partial charge on any atom is -0.469 e. The molecule has 10 atom stereocenters. The Morgan fingerprint density at radius 3 is 2.30 bits per heavy atom. The molecule has 0 N–H and O–H groups in total. The number of carbonyl (C=O) groups is 2. The number of methoxy groups -OCH3 is 1. The molecule has 0 unspecified atom stereocenters. The number of rotatable bonds is 5. The van der Waals surface area contributed by atoms with Crippen molar-refractivity contribution in [2.24, 2.45) is 61.8 Å². The molecule has 0 aromatic heterocycles. The lowest BCUT2D eigenvalue weighted by Crippen LogP contribution is -2.67. The molecule has 0 saturated heterocycles. The number of hydrogen-bond acceptors (Lipinski definition) is 5. The number of carbonyl (C=O) groups excluding carboxylic acids is 2. The van der Waals surface area contributed by atoms with Crippen LogP contribution in [0.4, 0.5) is 0 Å². The van der Waals surface area contributed by atoms with Gasteiger partial charge >= 0.3 is 11.9 Å². The molecule has 222 valence electrons. The van der Waals surface area contributed by atoms with Crippen molar-refractivity contribution in [2.45, 2.75) is 112 Å². The van der Waals surface area contributed by atoms with E-state index in [1.807, 2.05) is 0 Å². The second-order valence-corrected chi connectivity index (χ2v) is 15.5. The van der Waals surface area contributed by atoms with E-state index >= 15 is 0 Å². The Bertz CT molecular complexity index is 1130. The highest BCUT2D eigenvalue weighted by molar-refractivity contribution is 5.78. The first-order valence-corrected chi connectivity index (χ1v) is 15.7. The van der Waals surface area contributed by atoms with E-state index in [0.717, 1.165) is 56.9 Å². The predicted octanol–water partition coefficient (Wildman–Crippen LogP) is 8.04. The van der Waals surface area contributed by atoms with Crippen molar-refractivity contribution in [3.63, 3.8) is 0 Å². The van der Waals surface area contributed by atoms with Crippen LogP contribution in [0, 0.1) is 56.7 Å². The third-order valence-electron chi connectivity index (χ3n) is 14.1. The average molecular weight is 554 g/mol. The monoisotopic (exact) mass is 553 g/mol. The van der Waals surface area contributed by atoms with Crippen LogP contribution in [-0.4, -0.2) is 31.7 Å². The summed E-state index contributed by atoms with van der Waals surface area (Å²) in [6.07, 6.45) is 10.3. The molecule has 0 aromatic rings. The van der Waals surface area contributed by atoms with Crippen molar-refractivity contribution >= 4 is 11.9 Å². The normalized spacial score (nSPS) is 46.9. The van der Waals surface area contributed by atoms with Gasteiger partial charge in [0.05, 0.1) is 12.5 Å². The Balaban J connectivity index is 1.52. The third-order valence-corrected chi connectivity index (χ3v) is 14.1. The molecule has 5 aliphatic rings. The maximum Gasteiger partial charge on any atom is 0.312 e. The standard InChI is InChI=1S/C33H51N3O4/c1-20(19-35-36-34)22-11-16-33(28(38)39-8)18-17-31(6)23(27(22)33)9-10-25-30(5)14-13-26(40-21(2)37)29(3,4)24(30)12-15-32(25,31)7/h22-27H,1,9-19H2,2-8H3/t22-,23+,24-,25+,26-,27+,30-,31+,32+,33-/m0/s1. The van der Waals surface area contributed by atoms with Gasteiger partial charge in [0, 0.05) is 23.8 Å². The van der Waals surface area contributed by atoms with E-state index in [-0.39, 0.29) is 51.5 Å². The van der Waals surface area contributed by atoms with E-state index in [2.05, 4.69) is 51.2 Å². The molecule has 5 fully saturated rings. The van der Waals surface area contributed by atoms with E-state index in [9.17, 15) is 9.59 Å². The van der Waals surface area contributed by atoms with Gasteiger partial charge in [0.15, 0.2) is 0 Å². The van der Waals surface area contributed by atoms with Crippen LogP contribution in [0.2, 0.25) is 0 Å². The first-order valence-electron chi connectivity index (χ1n) is 15.7. The van der Waals surface area contributed by atoms with Gasteiger partial charge in [-0.1, -0.05) is 51.9 Å². The smallest absolute Gasteiger partial charge is 0.312 e. The summed E-state index contributed by atoms with van der Waals surface area (Å²) < 4.78 is 11.4. The molecular formula is C33H51N3O4. The van der Waals surface area contributed by atoms with Gasteiger partial charge in [0.2, 0.25) is 0 Å². The highest BCUT2D eigenvalue weighted by atomic mass is 16.5. The quantitative estimate of drug-likeness (QED) is 0.113. The molecule has 0 amide bonds. The van der Waals surface area contributed by atoms with E-state index in [4.69, 9.17) is 15.0 Å². The van der Waals surface area contributed by atoms with Gasteiger partial charge in [-0.2, -0.15) is 0 Å². The fourth-order valence-corrected chi connectivity index (χ4v) is 12.2. The molecule has 7 nitrogen and oxygen atoms in total. The zero-order valence-corrected chi connectivity index (χ0v) is 25.9. The molecule has 5 saturated carbocycles. The minimum atomic E-state index is -0.461. The third kappa shape index (κ3) is 3.85. The molecule has 0 aromatic carbocycles. The Labute approximate surface area is 240 Å². The van der Waals surface area contributed by atoms with Crippen LogP contribution in [0.5, 0.6) is 0 Å². The maximum atomic E-state index is 13.5. The van der Waals surface area contributed by atoms with Crippen LogP contribution in [0.3, 0.4) is 0 Å². The van der Waals surface area contributed by atoms with Crippen LogP contribution < -0.4 is 0 Å². The van der Waals surface area contributed by atoms with Crippen molar-refractivity contribution in [3.05, 3.63) is 22.6 Å². The van der Waals surface area contributed by atoms with E-state index in [0.29, 0.717) is 24.3 Å². The number of ether oxygens (including phenoxy) is 2. The number of fused-ring (bicyclic) bond motifs is 7. The number of azide groups is 1. The first-order chi connectivity index (χ1) is 18.7. The zero-order chi connectivity index (χ0) is 29.3. The van der Waals surface area contributed by atoms with Crippen LogP contribution in [0.1, 0.15) is 106 Å². The average Bonchev–Trinajstić information content (AvgIpc) is 3.29. The summed E-state index contributed by atoms with van der Waals surface area (Å²) in [6, 6.07) is 0. The van der Waals surface area contributed by atoms with Gasteiger partial charge in [-0.15, -0.1) is 0 Å². The van der Waals surface area contributed by atoms with Gasteiger partial charge in [0.25, 0.3) is 0 Å². The summed E-state index contributed by atoms with van der Waals surface area (Å²) in [5.74, 6) is 1.65. The summed E-state index contributed by atoms with van der Waals surface area (Å²) in [7, 11) is 1.54. The molecular weight excluding hydrogens is 502 g/mol. The van der Waals surface area contributed by atoms with Crippen molar-refractivity contribution in [3.8, 4) is 0 Å². The Kier molecular flexibility index (Phi) is 7.21. The van der Waals surface area contributed by atoms with Gasteiger partial charge in [0.1, 0.15) is 6.10 Å². The van der Waals surface area contributed by atoms with Gasteiger partial charge in [-0.05, 0) is 116 Å². The fraction of sp³-hybridized carbons (Fsp3) is 0.879. The second kappa shape index (κ2) is 9.78. The van der Waals surface area contributed by atoms with E-state index in [1.54, 1.807) is 6.92 Å². The lowest BCUT2D eigenvalue weighted by molar-refractivity contribution is -0.250. The molecule has 0 spiro atoms. The summed E-state index contributed by atoms with van der Waals surface area (Å²) in [4.78, 5) is 28.5. The Morgan fingerprint density at radius 2 is 1.65 bits per heavy atom. The molecule has 7 heteroatoms. The highest BCUT2D eigenvalue weighted by Crippen LogP contribution is 2.77. The first kappa shape index (κ1) is 29.5. The van der Waals surface area contributed by atoms with Gasteiger partial charge in [-0.3, -0.25) is 9.59 Å². The van der Waals surface area contributed by atoms with Crippen LogP contribution in [0.25, 0.3) is 10.4 Å². The SMILES string of the molecule is C=C(CN=[N+]=[N-])[C@@H]1CC[C@]2(C(=O)OC)CC[C@]3(C)[C@H](CC[C@@H]4[C@@]5(C)CC[C@H](OC(C)=O)C(C)(C)[C@@H]5CC[C@]43C)[C@@H]12. The Morgan fingerprint density at radius 1 is 0.925 bits per heavy atom. The van der Waals surface area contributed by atoms with Crippen molar-refractivity contribution < 1.29 is 19.1 Å². The van der Waals surface area contributed by atoms with Gasteiger partial charge in [-0.25, -0.2) is 0 Å². The van der Waals surface area contributed by atoms with Crippen molar-refractivity contribution in [1.82, 2.24) is 0 Å². The van der Waals surface area contributed by atoms with Crippen molar-refractivity contribution in [2.75, 3.05) is 13.7 Å². The maximum absolute atomic E-state index is 13.5. The summed E-state index contributed by atoms with van der Waals surface area (Å²) in [6.45, 7) is 18.6. The molecule has 0 radical (unpaired) electrons. The topological polar surface area (TPSA) is 101 Å². The number of hydrogen-bond donors (Lipinski definition) is 0. The number of nitrogens with zero attached hydrogens (tertiary/aromatic N) is 3. The number of esters is 2. The summed E-state index contributed by atoms with van der Waals surface area (Å²) in [5, 5.41) is 3.87. The largest absolute Gasteiger partial charge is 0.469 e. The predicted molar refractivity (Wildman–Crippen MR) is 155 cm³/mol. The van der Waals surface area contributed by atoms with Crippen LogP contribution in [0.15, 0.2) is 17.3 Å². The molecule has 40 heavy (non-hydrogen) atoms. The summed E-state index contributed by atoms with van der Waals surface area (Å²) in [5.41, 5.74) is 9.91. The molecule has 5 rings (SSSR count). The zero-order valence-electron chi connectivity index (χ0n) is 25.9. The highest BCUT2D eigenvalue weighted by Gasteiger charge is 2.72. The lowest BCUT2D eigenvalue weighted by Gasteiger charge is -2.72. The van der Waals surface area contributed by atoms with E-state index in [1.165, 1.54) is 20.0 Å². The fourth-order valence-electron chi connectivity index (χ4n) is 12.2. The molecule has 0 bridgehead atoms. The second-order valence-electron chi connectivity index (χ2n) is 15.5. The van der Waals surface area contributed by atoms with E-state index < -0.39 is 5.41 Å². The van der Waals surface area contributed by atoms with Gasteiger partial charge < -0.3 is 9.47 Å². The lowest BCUT2D eigenvalue weighted by atomic mass is 9.32. The Hall–Kier alpha value is -2.01. The molecule has 5 aliphatic carbocycles. The minimum absolute atomic E-state index is 0.0176. The van der Waals surface area contributed by atoms with Crippen LogP contribution in [-0.2, 0) is 19.1 Å². The van der Waals surface area contributed by atoms with Crippen LogP contribution >= 0.6 is 0 Å². The molecule has 0 aliphatic heterocycles. The van der Waals surface area contributed by atoms with Crippen molar-refractivity contribution in [1.29, 1.82) is 0 Å². The summed E-state index contributed by atoms with van der Waals surface area (Å²) >= 11 is 0.